The average molecular weight is 240 g/mol. The maximum Gasteiger partial charge on any atom is 0.350 e. The number of hydrogen-bond acceptors (Lipinski definition) is 5. The summed E-state index contributed by atoms with van der Waals surface area (Å²) >= 11 is 2.82. The second kappa shape index (κ2) is 4.95. The molecule has 0 saturated carbocycles. The number of rotatable bonds is 4. The van der Waals surface area contributed by atoms with Gasteiger partial charge in [0.05, 0.1) is 0 Å². The molecular weight excluding hydrogens is 232 g/mol. The van der Waals surface area contributed by atoms with Crippen molar-refractivity contribution in [3.8, 4) is 10.1 Å². The number of ether oxygens (including phenoxy) is 2. The van der Waals surface area contributed by atoms with Crippen LogP contribution in [0.4, 0.5) is 0 Å². The molecule has 2 heterocycles. The molecule has 5 heteroatoms. The van der Waals surface area contributed by atoms with Gasteiger partial charge in [0, 0.05) is 0 Å². The van der Waals surface area contributed by atoms with E-state index in [1.165, 1.54) is 22.7 Å². The zero-order chi connectivity index (χ0) is 10.5. The number of esters is 1. The minimum absolute atomic E-state index is 0.0571. The SMILES string of the molecule is O=C(COc1cccs1)Oc1cccs1. The second-order valence-electron chi connectivity index (χ2n) is 2.63. The van der Waals surface area contributed by atoms with Crippen LogP contribution < -0.4 is 9.47 Å². The molecule has 2 rings (SSSR count). The van der Waals surface area contributed by atoms with E-state index in [4.69, 9.17) is 9.47 Å². The molecule has 0 aromatic carbocycles. The Balaban J connectivity index is 1.78. The quantitative estimate of drug-likeness (QED) is 0.771. The molecule has 0 fully saturated rings. The molecule has 3 nitrogen and oxygen atoms in total. The lowest BCUT2D eigenvalue weighted by atomic mass is 10.6. The van der Waals surface area contributed by atoms with Gasteiger partial charge in [-0.05, 0) is 35.0 Å². The minimum atomic E-state index is -0.383. The van der Waals surface area contributed by atoms with Gasteiger partial charge in [-0.2, -0.15) is 0 Å². The fraction of sp³-hybridized carbons (Fsp3) is 0.100. The predicted molar refractivity (Wildman–Crippen MR) is 59.8 cm³/mol. The van der Waals surface area contributed by atoms with E-state index in [0.717, 1.165) is 5.06 Å². The van der Waals surface area contributed by atoms with Gasteiger partial charge in [-0.25, -0.2) is 4.79 Å². The third-order valence-electron chi connectivity index (χ3n) is 1.54. The number of carbonyl (C=O) groups excluding carboxylic acids is 1. The Kier molecular flexibility index (Phi) is 3.37. The van der Waals surface area contributed by atoms with Crippen LogP contribution in [-0.4, -0.2) is 12.6 Å². The number of carbonyl (C=O) groups is 1. The summed E-state index contributed by atoms with van der Waals surface area (Å²) < 4.78 is 10.2. The Morgan fingerprint density at radius 3 is 2.40 bits per heavy atom. The fourth-order valence-corrected chi connectivity index (χ4v) is 2.10. The Labute approximate surface area is 94.9 Å². The summed E-state index contributed by atoms with van der Waals surface area (Å²) in [6.07, 6.45) is 0. The van der Waals surface area contributed by atoms with E-state index < -0.39 is 0 Å². The average Bonchev–Trinajstić information content (AvgIpc) is 2.86. The molecule has 0 aliphatic carbocycles. The minimum Gasteiger partial charge on any atom is -0.472 e. The molecule has 0 spiro atoms. The van der Waals surface area contributed by atoms with E-state index in [-0.39, 0.29) is 12.6 Å². The van der Waals surface area contributed by atoms with Gasteiger partial charge in [0.25, 0.3) is 0 Å². The van der Waals surface area contributed by atoms with Crippen LogP contribution in [0.5, 0.6) is 10.1 Å². The van der Waals surface area contributed by atoms with Crippen LogP contribution in [0, 0.1) is 0 Å². The van der Waals surface area contributed by atoms with Gasteiger partial charge in [0.2, 0.25) is 0 Å². The molecule has 0 atom stereocenters. The largest absolute Gasteiger partial charge is 0.472 e. The van der Waals surface area contributed by atoms with Gasteiger partial charge < -0.3 is 9.47 Å². The molecule has 15 heavy (non-hydrogen) atoms. The number of thiophene rings is 2. The molecule has 0 N–H and O–H groups in total. The maximum absolute atomic E-state index is 11.3. The van der Waals surface area contributed by atoms with Crippen molar-refractivity contribution in [2.45, 2.75) is 0 Å². The lowest BCUT2D eigenvalue weighted by molar-refractivity contribution is -0.136. The zero-order valence-corrected chi connectivity index (χ0v) is 9.35. The zero-order valence-electron chi connectivity index (χ0n) is 7.71. The van der Waals surface area contributed by atoms with Crippen molar-refractivity contribution in [2.24, 2.45) is 0 Å². The molecular formula is C10H8O3S2. The Bertz CT molecular complexity index is 406. The van der Waals surface area contributed by atoms with Crippen LogP contribution in [0.2, 0.25) is 0 Å². The van der Waals surface area contributed by atoms with Crippen molar-refractivity contribution in [3.63, 3.8) is 0 Å². The maximum atomic E-state index is 11.3. The molecule has 0 aliphatic rings. The smallest absolute Gasteiger partial charge is 0.350 e. The lowest BCUT2D eigenvalue weighted by Gasteiger charge is -2.02. The highest BCUT2D eigenvalue weighted by Crippen LogP contribution is 2.20. The summed E-state index contributed by atoms with van der Waals surface area (Å²) in [5.74, 6) is -0.383. The van der Waals surface area contributed by atoms with Crippen LogP contribution in [-0.2, 0) is 4.79 Å². The highest BCUT2D eigenvalue weighted by atomic mass is 32.1. The summed E-state index contributed by atoms with van der Waals surface area (Å²) in [5.41, 5.74) is 0. The van der Waals surface area contributed by atoms with Crippen molar-refractivity contribution in [1.82, 2.24) is 0 Å². The molecule has 0 aliphatic heterocycles. The van der Waals surface area contributed by atoms with Crippen molar-refractivity contribution in [2.75, 3.05) is 6.61 Å². The lowest BCUT2D eigenvalue weighted by Crippen LogP contribution is -2.16. The van der Waals surface area contributed by atoms with Gasteiger partial charge >= 0.3 is 5.97 Å². The standard InChI is InChI=1S/C10H8O3S2/c11-8(13-10-4-2-6-15-10)7-12-9-3-1-5-14-9/h1-6H,7H2. The first-order valence-corrected chi connectivity index (χ1v) is 6.01. The molecule has 2 aromatic rings. The van der Waals surface area contributed by atoms with E-state index in [9.17, 15) is 4.79 Å². The van der Waals surface area contributed by atoms with E-state index in [2.05, 4.69) is 0 Å². The number of hydrogen-bond donors (Lipinski definition) is 0. The first-order valence-electron chi connectivity index (χ1n) is 4.25. The third kappa shape index (κ3) is 3.07. The van der Waals surface area contributed by atoms with Crippen molar-refractivity contribution in [3.05, 3.63) is 35.0 Å². The van der Waals surface area contributed by atoms with Crippen LogP contribution in [0.3, 0.4) is 0 Å². The monoisotopic (exact) mass is 240 g/mol. The highest BCUT2D eigenvalue weighted by molar-refractivity contribution is 7.12. The third-order valence-corrected chi connectivity index (χ3v) is 3.06. The van der Waals surface area contributed by atoms with Gasteiger partial charge in [-0.15, -0.1) is 22.7 Å². The molecule has 0 saturated heterocycles. The predicted octanol–water partition coefficient (Wildman–Crippen LogP) is 2.79. The van der Waals surface area contributed by atoms with E-state index in [1.807, 2.05) is 29.0 Å². The molecule has 0 amide bonds. The van der Waals surface area contributed by atoms with Gasteiger partial charge in [0.15, 0.2) is 16.7 Å². The van der Waals surface area contributed by atoms with Gasteiger partial charge in [-0.1, -0.05) is 0 Å². The Hall–Kier alpha value is -1.33. The molecule has 0 radical (unpaired) electrons. The van der Waals surface area contributed by atoms with Crippen LogP contribution in [0.25, 0.3) is 0 Å². The van der Waals surface area contributed by atoms with E-state index in [0.29, 0.717) is 5.06 Å². The molecule has 78 valence electrons. The summed E-state index contributed by atoms with van der Waals surface area (Å²) in [6, 6.07) is 7.24. The Morgan fingerprint density at radius 2 is 1.80 bits per heavy atom. The van der Waals surface area contributed by atoms with Crippen LogP contribution in [0.15, 0.2) is 35.0 Å². The first kappa shape index (κ1) is 10.2. The highest BCUT2D eigenvalue weighted by Gasteiger charge is 2.06. The van der Waals surface area contributed by atoms with E-state index >= 15 is 0 Å². The molecule has 0 unspecified atom stereocenters. The molecule has 2 aromatic heterocycles. The second-order valence-corrected chi connectivity index (χ2v) is 4.45. The Morgan fingerprint density at radius 1 is 1.13 bits per heavy atom. The summed E-state index contributed by atoms with van der Waals surface area (Å²) in [5, 5.41) is 5.05. The van der Waals surface area contributed by atoms with E-state index in [1.54, 1.807) is 6.07 Å². The van der Waals surface area contributed by atoms with Crippen molar-refractivity contribution < 1.29 is 14.3 Å². The van der Waals surface area contributed by atoms with Crippen LogP contribution >= 0.6 is 22.7 Å². The van der Waals surface area contributed by atoms with Gasteiger partial charge in [0.1, 0.15) is 0 Å². The summed E-state index contributed by atoms with van der Waals surface area (Å²) in [7, 11) is 0. The summed E-state index contributed by atoms with van der Waals surface area (Å²) in [4.78, 5) is 11.3. The van der Waals surface area contributed by atoms with Crippen molar-refractivity contribution >= 4 is 28.6 Å². The topological polar surface area (TPSA) is 35.5 Å². The normalized spacial score (nSPS) is 9.87. The fourth-order valence-electron chi connectivity index (χ4n) is 0.939. The van der Waals surface area contributed by atoms with Gasteiger partial charge in [-0.3, -0.25) is 0 Å². The summed E-state index contributed by atoms with van der Waals surface area (Å²) in [6.45, 7) is -0.0571. The van der Waals surface area contributed by atoms with Crippen LogP contribution in [0.1, 0.15) is 0 Å². The first-order chi connectivity index (χ1) is 7.34. The molecule has 0 bridgehead atoms. The van der Waals surface area contributed by atoms with Crippen molar-refractivity contribution in [1.29, 1.82) is 0 Å².